The zero-order chi connectivity index (χ0) is 19.8. The van der Waals surface area contributed by atoms with Gasteiger partial charge < -0.3 is 14.8 Å². The van der Waals surface area contributed by atoms with Crippen molar-refractivity contribution >= 4 is 5.91 Å². The van der Waals surface area contributed by atoms with Crippen LogP contribution < -0.4 is 14.8 Å². The van der Waals surface area contributed by atoms with E-state index in [0.717, 1.165) is 37.1 Å². The highest BCUT2D eigenvalue weighted by molar-refractivity contribution is 5.81. The number of likely N-dealkylation sites (tertiary alicyclic amines) is 1. The van der Waals surface area contributed by atoms with Crippen LogP contribution in [-0.4, -0.2) is 43.2 Å². The molecule has 5 heteroatoms. The summed E-state index contributed by atoms with van der Waals surface area (Å²) >= 11 is 0. The Morgan fingerprint density at radius 2 is 2.00 bits per heavy atom. The van der Waals surface area contributed by atoms with Crippen molar-refractivity contribution in [3.63, 3.8) is 0 Å². The molecule has 1 aliphatic heterocycles. The molecule has 0 saturated carbocycles. The molecule has 2 rings (SSSR count). The van der Waals surface area contributed by atoms with E-state index in [4.69, 9.17) is 9.47 Å². The van der Waals surface area contributed by atoms with Gasteiger partial charge in [-0.2, -0.15) is 0 Å². The number of piperidine rings is 1. The fourth-order valence-electron chi connectivity index (χ4n) is 3.51. The van der Waals surface area contributed by atoms with Crippen molar-refractivity contribution in [1.82, 2.24) is 10.2 Å². The second-order valence-corrected chi connectivity index (χ2v) is 8.08. The summed E-state index contributed by atoms with van der Waals surface area (Å²) in [6.45, 7) is 10.9. The molecule has 1 unspecified atom stereocenters. The standard InChI is InChI=1S/C22H36N2O3/c1-16(2)11-13-27-20-10-9-18(14-21(20)26-5)15-23-22(25)19-8-6-7-12-24(19)17(3)4/h9-10,14,16-17,19H,6-8,11-13,15H2,1-5H3,(H,23,25). The minimum absolute atomic E-state index is 0.0146. The minimum atomic E-state index is -0.0146. The van der Waals surface area contributed by atoms with Crippen LogP contribution in [0.5, 0.6) is 11.5 Å². The summed E-state index contributed by atoms with van der Waals surface area (Å²) < 4.78 is 11.3. The fourth-order valence-corrected chi connectivity index (χ4v) is 3.51. The molecule has 27 heavy (non-hydrogen) atoms. The van der Waals surface area contributed by atoms with Crippen LogP contribution in [-0.2, 0) is 11.3 Å². The predicted octanol–water partition coefficient (Wildman–Crippen LogP) is 4.00. The van der Waals surface area contributed by atoms with E-state index >= 15 is 0 Å². The van der Waals surface area contributed by atoms with Crippen LogP contribution in [0.1, 0.15) is 58.9 Å². The second-order valence-electron chi connectivity index (χ2n) is 8.08. The maximum Gasteiger partial charge on any atom is 0.237 e. The number of rotatable bonds is 9. The summed E-state index contributed by atoms with van der Waals surface area (Å²) in [5.74, 6) is 2.20. The maximum atomic E-state index is 12.7. The molecule has 0 aliphatic carbocycles. The van der Waals surface area contributed by atoms with E-state index in [1.165, 1.54) is 6.42 Å². The lowest BCUT2D eigenvalue weighted by Gasteiger charge is -2.37. The van der Waals surface area contributed by atoms with Gasteiger partial charge in [-0.15, -0.1) is 0 Å². The van der Waals surface area contributed by atoms with E-state index in [9.17, 15) is 4.79 Å². The third-order valence-corrected chi connectivity index (χ3v) is 5.16. The lowest BCUT2D eigenvalue weighted by molar-refractivity contribution is -0.128. The van der Waals surface area contributed by atoms with Crippen LogP contribution in [0.2, 0.25) is 0 Å². The van der Waals surface area contributed by atoms with Gasteiger partial charge in [0.1, 0.15) is 0 Å². The second kappa shape index (κ2) is 10.5. The van der Waals surface area contributed by atoms with Crippen LogP contribution >= 0.6 is 0 Å². The maximum absolute atomic E-state index is 12.7. The molecule has 5 nitrogen and oxygen atoms in total. The van der Waals surface area contributed by atoms with Gasteiger partial charge in [0.15, 0.2) is 11.5 Å². The number of carbonyl (C=O) groups excluding carboxylic acids is 1. The van der Waals surface area contributed by atoms with Crippen LogP contribution in [0.25, 0.3) is 0 Å². The lowest BCUT2D eigenvalue weighted by atomic mass is 9.99. The summed E-state index contributed by atoms with van der Waals surface area (Å²) in [5, 5.41) is 3.11. The van der Waals surface area contributed by atoms with Gasteiger partial charge in [0.2, 0.25) is 5.91 Å². The topological polar surface area (TPSA) is 50.8 Å². The third-order valence-electron chi connectivity index (χ3n) is 5.16. The average Bonchev–Trinajstić information content (AvgIpc) is 2.66. The van der Waals surface area contributed by atoms with E-state index < -0.39 is 0 Å². The normalized spacial score (nSPS) is 18.0. The molecular weight excluding hydrogens is 340 g/mol. The Morgan fingerprint density at radius 3 is 2.67 bits per heavy atom. The molecule has 0 spiro atoms. The summed E-state index contributed by atoms with van der Waals surface area (Å²) in [6, 6.07) is 6.25. The summed E-state index contributed by atoms with van der Waals surface area (Å²) in [5.41, 5.74) is 1.02. The van der Waals surface area contributed by atoms with Crippen molar-refractivity contribution < 1.29 is 14.3 Å². The smallest absolute Gasteiger partial charge is 0.237 e. The SMILES string of the molecule is COc1cc(CNC(=O)C2CCCCN2C(C)C)ccc1OCCC(C)C. The molecule has 1 aromatic carbocycles. The molecule has 1 heterocycles. The zero-order valence-electron chi connectivity index (χ0n) is 17.6. The fraction of sp³-hybridized carbons (Fsp3) is 0.682. The molecule has 0 aromatic heterocycles. The van der Waals surface area contributed by atoms with Crippen LogP contribution in [0.4, 0.5) is 0 Å². The zero-order valence-corrected chi connectivity index (χ0v) is 17.6. The molecule has 152 valence electrons. The number of carbonyl (C=O) groups is 1. The van der Waals surface area contributed by atoms with Crippen LogP contribution in [0.15, 0.2) is 18.2 Å². The first-order valence-electron chi connectivity index (χ1n) is 10.3. The number of hydrogen-bond acceptors (Lipinski definition) is 4. The van der Waals surface area contributed by atoms with E-state index in [1.54, 1.807) is 7.11 Å². The van der Waals surface area contributed by atoms with Gasteiger partial charge >= 0.3 is 0 Å². The Kier molecular flexibility index (Phi) is 8.42. The van der Waals surface area contributed by atoms with E-state index in [0.29, 0.717) is 30.9 Å². The molecule has 1 aromatic rings. The van der Waals surface area contributed by atoms with Crippen molar-refractivity contribution in [2.24, 2.45) is 5.92 Å². The Labute approximate surface area is 164 Å². The molecule has 1 aliphatic rings. The first kappa shape index (κ1) is 21.5. The van der Waals surface area contributed by atoms with Gasteiger partial charge in [0.25, 0.3) is 0 Å². The van der Waals surface area contributed by atoms with Crippen LogP contribution in [0.3, 0.4) is 0 Å². The summed E-state index contributed by atoms with van der Waals surface area (Å²) in [7, 11) is 1.65. The van der Waals surface area contributed by atoms with E-state index in [2.05, 4.69) is 37.9 Å². The van der Waals surface area contributed by atoms with Crippen LogP contribution in [0, 0.1) is 5.92 Å². The molecule has 0 radical (unpaired) electrons. The Bertz CT molecular complexity index is 601. The third kappa shape index (κ3) is 6.42. The Hall–Kier alpha value is -1.75. The van der Waals surface area contributed by atoms with E-state index in [-0.39, 0.29) is 11.9 Å². The van der Waals surface area contributed by atoms with Gasteiger partial charge in [0, 0.05) is 12.6 Å². The summed E-state index contributed by atoms with van der Waals surface area (Å²) in [4.78, 5) is 15.0. The lowest BCUT2D eigenvalue weighted by Crippen LogP contribution is -2.51. The number of hydrogen-bond donors (Lipinski definition) is 1. The van der Waals surface area contributed by atoms with Crippen molar-refractivity contribution in [2.45, 2.75) is 72.0 Å². The highest BCUT2D eigenvalue weighted by Crippen LogP contribution is 2.28. The number of methoxy groups -OCH3 is 1. The molecule has 1 atom stereocenters. The molecule has 1 fully saturated rings. The number of ether oxygens (including phenoxy) is 2. The monoisotopic (exact) mass is 376 g/mol. The number of nitrogens with zero attached hydrogens (tertiary/aromatic N) is 1. The van der Waals surface area contributed by atoms with Gasteiger partial charge in [-0.1, -0.05) is 26.3 Å². The largest absolute Gasteiger partial charge is 0.493 e. The Morgan fingerprint density at radius 1 is 1.22 bits per heavy atom. The summed E-state index contributed by atoms with van der Waals surface area (Å²) in [6.07, 6.45) is 4.25. The van der Waals surface area contributed by atoms with Gasteiger partial charge in [-0.05, 0) is 63.3 Å². The molecule has 1 saturated heterocycles. The molecular formula is C22H36N2O3. The highest BCUT2D eigenvalue weighted by Gasteiger charge is 2.29. The van der Waals surface area contributed by atoms with Crippen molar-refractivity contribution in [3.05, 3.63) is 23.8 Å². The molecule has 1 amide bonds. The number of benzene rings is 1. The van der Waals surface area contributed by atoms with Gasteiger partial charge in [-0.25, -0.2) is 0 Å². The number of amides is 1. The highest BCUT2D eigenvalue weighted by atomic mass is 16.5. The van der Waals surface area contributed by atoms with Gasteiger partial charge in [-0.3, -0.25) is 9.69 Å². The molecule has 0 bridgehead atoms. The molecule has 1 N–H and O–H groups in total. The minimum Gasteiger partial charge on any atom is -0.493 e. The van der Waals surface area contributed by atoms with Crippen molar-refractivity contribution in [2.75, 3.05) is 20.3 Å². The first-order chi connectivity index (χ1) is 12.9. The van der Waals surface area contributed by atoms with Gasteiger partial charge in [0.05, 0.1) is 19.8 Å². The average molecular weight is 377 g/mol. The number of nitrogens with one attached hydrogen (secondary N) is 1. The van der Waals surface area contributed by atoms with Crippen molar-refractivity contribution in [3.8, 4) is 11.5 Å². The Balaban J connectivity index is 1.93. The van der Waals surface area contributed by atoms with E-state index in [1.807, 2.05) is 18.2 Å². The predicted molar refractivity (Wildman–Crippen MR) is 109 cm³/mol. The van der Waals surface area contributed by atoms with Crippen molar-refractivity contribution in [1.29, 1.82) is 0 Å². The first-order valence-corrected chi connectivity index (χ1v) is 10.3. The quantitative estimate of drug-likeness (QED) is 0.708.